The van der Waals surface area contributed by atoms with Gasteiger partial charge in [0.1, 0.15) is 0 Å². The SMILES string of the molecule is C[C@@H]1CCCC[C@@H]1N1CCN(C[C@@H]2C[C@H]3C=C[C@H]2C3)CC1. The molecule has 1 aliphatic heterocycles. The van der Waals surface area contributed by atoms with Crippen molar-refractivity contribution in [1.82, 2.24) is 9.80 Å². The normalized spacial score (nSPS) is 44.5. The molecule has 2 bridgehead atoms. The van der Waals surface area contributed by atoms with Crippen LogP contribution in [-0.2, 0) is 0 Å². The maximum atomic E-state index is 2.82. The van der Waals surface area contributed by atoms with Crippen molar-refractivity contribution >= 4 is 0 Å². The summed E-state index contributed by atoms with van der Waals surface area (Å²) >= 11 is 0. The number of fused-ring (bicyclic) bond motifs is 2. The van der Waals surface area contributed by atoms with Crippen molar-refractivity contribution in [3.8, 4) is 0 Å². The fourth-order valence-corrected chi connectivity index (χ4v) is 5.55. The minimum Gasteiger partial charge on any atom is -0.300 e. The summed E-state index contributed by atoms with van der Waals surface area (Å²) in [6.45, 7) is 9.15. The molecule has 0 unspecified atom stereocenters. The van der Waals surface area contributed by atoms with E-state index >= 15 is 0 Å². The minimum atomic E-state index is 0.895. The van der Waals surface area contributed by atoms with Gasteiger partial charge in [-0.05, 0) is 49.4 Å². The third kappa shape index (κ3) is 2.94. The summed E-state index contributed by atoms with van der Waals surface area (Å²) in [6.07, 6.45) is 13.8. The van der Waals surface area contributed by atoms with Crippen LogP contribution in [0.3, 0.4) is 0 Å². The molecule has 0 radical (unpaired) electrons. The first-order valence-corrected chi connectivity index (χ1v) is 9.44. The van der Waals surface area contributed by atoms with Gasteiger partial charge in [-0.15, -0.1) is 0 Å². The first kappa shape index (κ1) is 14.3. The Hall–Kier alpha value is -0.340. The van der Waals surface area contributed by atoms with Crippen LogP contribution >= 0.6 is 0 Å². The third-order valence-electron chi connectivity index (χ3n) is 6.85. The zero-order valence-corrected chi connectivity index (χ0v) is 13.7. The van der Waals surface area contributed by atoms with Crippen LogP contribution in [0.25, 0.3) is 0 Å². The molecule has 118 valence electrons. The molecule has 0 N–H and O–H groups in total. The number of piperazine rings is 1. The Labute approximate surface area is 130 Å². The molecule has 1 saturated heterocycles. The van der Waals surface area contributed by atoms with Crippen LogP contribution in [0, 0.1) is 23.7 Å². The maximum absolute atomic E-state index is 2.82. The van der Waals surface area contributed by atoms with Crippen LogP contribution in [0.5, 0.6) is 0 Å². The lowest BCUT2D eigenvalue weighted by molar-refractivity contribution is 0.0471. The molecule has 21 heavy (non-hydrogen) atoms. The van der Waals surface area contributed by atoms with E-state index in [0.29, 0.717) is 0 Å². The highest BCUT2D eigenvalue weighted by molar-refractivity contribution is 5.10. The van der Waals surface area contributed by atoms with E-state index in [4.69, 9.17) is 0 Å². The van der Waals surface area contributed by atoms with Gasteiger partial charge in [0.05, 0.1) is 0 Å². The lowest BCUT2D eigenvalue weighted by atomic mass is 9.84. The predicted molar refractivity (Wildman–Crippen MR) is 88.3 cm³/mol. The van der Waals surface area contributed by atoms with Crippen molar-refractivity contribution in [3.05, 3.63) is 12.2 Å². The van der Waals surface area contributed by atoms with E-state index in [-0.39, 0.29) is 0 Å². The van der Waals surface area contributed by atoms with Crippen molar-refractivity contribution in [2.45, 2.75) is 51.5 Å². The van der Waals surface area contributed by atoms with E-state index in [1.807, 2.05) is 0 Å². The van der Waals surface area contributed by atoms with Crippen LogP contribution in [-0.4, -0.2) is 48.6 Å². The number of hydrogen-bond acceptors (Lipinski definition) is 2. The molecule has 2 nitrogen and oxygen atoms in total. The topological polar surface area (TPSA) is 6.48 Å². The van der Waals surface area contributed by atoms with Crippen LogP contribution < -0.4 is 0 Å². The lowest BCUT2D eigenvalue weighted by Gasteiger charge is -2.44. The highest BCUT2D eigenvalue weighted by Gasteiger charge is 2.37. The largest absolute Gasteiger partial charge is 0.300 e. The summed E-state index contributed by atoms with van der Waals surface area (Å²) in [5, 5.41) is 0. The van der Waals surface area contributed by atoms with Crippen molar-refractivity contribution < 1.29 is 0 Å². The number of nitrogens with zero attached hydrogens (tertiary/aromatic N) is 2. The highest BCUT2D eigenvalue weighted by Crippen LogP contribution is 2.43. The summed E-state index contributed by atoms with van der Waals surface area (Å²) in [7, 11) is 0. The summed E-state index contributed by atoms with van der Waals surface area (Å²) in [5.41, 5.74) is 0. The van der Waals surface area contributed by atoms with Gasteiger partial charge in [-0.25, -0.2) is 0 Å². The van der Waals surface area contributed by atoms with E-state index in [2.05, 4.69) is 28.9 Å². The van der Waals surface area contributed by atoms with Gasteiger partial charge in [-0.2, -0.15) is 0 Å². The molecular formula is C19H32N2. The molecule has 3 aliphatic carbocycles. The average Bonchev–Trinajstić information content (AvgIpc) is 3.11. The van der Waals surface area contributed by atoms with E-state index in [1.54, 1.807) is 0 Å². The van der Waals surface area contributed by atoms with Crippen LogP contribution in [0.1, 0.15) is 45.4 Å². The van der Waals surface area contributed by atoms with E-state index < -0.39 is 0 Å². The molecule has 4 rings (SSSR count). The second kappa shape index (κ2) is 6.04. The second-order valence-electron chi connectivity index (χ2n) is 8.21. The van der Waals surface area contributed by atoms with Gasteiger partial charge in [0.25, 0.3) is 0 Å². The monoisotopic (exact) mass is 288 g/mol. The molecule has 0 aromatic heterocycles. The van der Waals surface area contributed by atoms with Gasteiger partial charge in [0, 0.05) is 38.8 Å². The van der Waals surface area contributed by atoms with Gasteiger partial charge in [0.15, 0.2) is 0 Å². The molecule has 0 amide bonds. The number of allylic oxidation sites excluding steroid dienone is 2. The quantitative estimate of drug-likeness (QED) is 0.735. The first-order valence-electron chi connectivity index (χ1n) is 9.44. The molecule has 0 aromatic carbocycles. The fraction of sp³-hybridized carbons (Fsp3) is 0.895. The van der Waals surface area contributed by atoms with Gasteiger partial charge < -0.3 is 4.90 Å². The van der Waals surface area contributed by atoms with Crippen molar-refractivity contribution in [2.75, 3.05) is 32.7 Å². The average molecular weight is 288 g/mol. The van der Waals surface area contributed by atoms with E-state index in [0.717, 1.165) is 29.7 Å². The number of hydrogen-bond donors (Lipinski definition) is 0. The molecule has 4 aliphatic rings. The van der Waals surface area contributed by atoms with Crippen molar-refractivity contribution in [2.24, 2.45) is 23.7 Å². The Bertz CT molecular complexity index is 383. The molecular weight excluding hydrogens is 256 g/mol. The molecule has 0 aromatic rings. The lowest BCUT2D eigenvalue weighted by Crippen LogP contribution is -2.53. The molecule has 1 heterocycles. The molecule has 3 fully saturated rings. The smallest absolute Gasteiger partial charge is 0.0122 e. The van der Waals surface area contributed by atoms with Crippen LogP contribution in [0.4, 0.5) is 0 Å². The zero-order chi connectivity index (χ0) is 14.2. The summed E-state index contributed by atoms with van der Waals surface area (Å²) in [6, 6.07) is 0.895. The molecule has 0 spiro atoms. The zero-order valence-electron chi connectivity index (χ0n) is 13.7. The predicted octanol–water partition coefficient (Wildman–Crippen LogP) is 3.39. The maximum Gasteiger partial charge on any atom is 0.0122 e. The van der Waals surface area contributed by atoms with Crippen LogP contribution in [0.2, 0.25) is 0 Å². The summed E-state index contributed by atoms with van der Waals surface area (Å²) in [4.78, 5) is 5.59. The third-order valence-corrected chi connectivity index (χ3v) is 6.85. The minimum absolute atomic E-state index is 0.895. The number of rotatable bonds is 3. The Morgan fingerprint density at radius 1 is 0.952 bits per heavy atom. The summed E-state index contributed by atoms with van der Waals surface area (Å²) < 4.78 is 0. The summed E-state index contributed by atoms with van der Waals surface area (Å²) in [5.74, 6) is 3.76. The highest BCUT2D eigenvalue weighted by atomic mass is 15.3. The Morgan fingerprint density at radius 3 is 2.43 bits per heavy atom. The van der Waals surface area contributed by atoms with Crippen molar-refractivity contribution in [1.29, 1.82) is 0 Å². The van der Waals surface area contributed by atoms with Crippen LogP contribution in [0.15, 0.2) is 12.2 Å². The van der Waals surface area contributed by atoms with Gasteiger partial charge in [0.2, 0.25) is 0 Å². The van der Waals surface area contributed by atoms with E-state index in [1.165, 1.54) is 71.2 Å². The second-order valence-corrected chi connectivity index (χ2v) is 8.21. The first-order chi connectivity index (χ1) is 10.3. The van der Waals surface area contributed by atoms with Gasteiger partial charge in [-0.1, -0.05) is 31.9 Å². The van der Waals surface area contributed by atoms with Crippen molar-refractivity contribution in [3.63, 3.8) is 0 Å². The Kier molecular flexibility index (Phi) is 4.10. The molecule has 5 atom stereocenters. The Balaban J connectivity index is 1.26. The van der Waals surface area contributed by atoms with Gasteiger partial charge in [-0.3, -0.25) is 4.90 Å². The standard InChI is InChI=1S/C19H32N2/c1-15-4-2-3-5-19(15)21-10-8-20(9-11-21)14-18-13-16-6-7-17(18)12-16/h6-7,15-19H,2-5,8-14H2,1H3/t15-,16+,17+,18+,19+/m1/s1. The van der Waals surface area contributed by atoms with Gasteiger partial charge >= 0.3 is 0 Å². The Morgan fingerprint density at radius 2 is 1.76 bits per heavy atom. The molecule has 2 saturated carbocycles. The fourth-order valence-electron chi connectivity index (χ4n) is 5.55. The molecule has 2 heteroatoms. The van der Waals surface area contributed by atoms with E-state index in [9.17, 15) is 0 Å².